The lowest BCUT2D eigenvalue weighted by atomic mass is 10.0. The zero-order valence-electron chi connectivity index (χ0n) is 9.69. The lowest BCUT2D eigenvalue weighted by Gasteiger charge is -2.21. The van der Waals surface area contributed by atoms with Gasteiger partial charge in [-0.1, -0.05) is 0 Å². The third kappa shape index (κ3) is 2.50. The van der Waals surface area contributed by atoms with Gasteiger partial charge in [0.15, 0.2) is 5.82 Å². The van der Waals surface area contributed by atoms with Crippen LogP contribution in [0.4, 0.5) is 0 Å². The lowest BCUT2D eigenvalue weighted by molar-refractivity contribution is 0.0126. The van der Waals surface area contributed by atoms with Crippen LogP contribution in [0.1, 0.15) is 43.2 Å². The molecule has 0 aliphatic carbocycles. The Morgan fingerprint density at radius 3 is 3.19 bits per heavy atom. The first kappa shape index (κ1) is 11.3. The maximum atomic E-state index is 12.0. The Labute approximate surface area is 95.6 Å². The molecule has 0 aromatic carbocycles. The monoisotopic (exact) mass is 222 g/mol. The molecule has 0 spiro atoms. The SMILES string of the molecule is CCn1ccnc1C(=O)CC1CCCCO1. The first-order valence-corrected chi connectivity index (χ1v) is 5.97. The fraction of sp³-hybridized carbons (Fsp3) is 0.667. The molecular weight excluding hydrogens is 204 g/mol. The van der Waals surface area contributed by atoms with Gasteiger partial charge in [0.05, 0.1) is 6.10 Å². The Morgan fingerprint density at radius 2 is 2.50 bits per heavy atom. The van der Waals surface area contributed by atoms with E-state index in [1.165, 1.54) is 6.42 Å². The molecule has 1 aliphatic rings. The van der Waals surface area contributed by atoms with E-state index in [-0.39, 0.29) is 11.9 Å². The molecule has 1 atom stereocenters. The van der Waals surface area contributed by atoms with Gasteiger partial charge < -0.3 is 9.30 Å². The number of carbonyl (C=O) groups is 1. The molecule has 0 bridgehead atoms. The highest BCUT2D eigenvalue weighted by Gasteiger charge is 2.20. The van der Waals surface area contributed by atoms with Crippen LogP contribution in [0, 0.1) is 0 Å². The molecule has 0 amide bonds. The summed E-state index contributed by atoms with van der Waals surface area (Å²) in [6.45, 7) is 3.59. The predicted molar refractivity (Wildman–Crippen MR) is 60.4 cm³/mol. The number of ether oxygens (including phenoxy) is 1. The molecule has 16 heavy (non-hydrogen) atoms. The van der Waals surface area contributed by atoms with Crippen LogP contribution in [0.15, 0.2) is 12.4 Å². The van der Waals surface area contributed by atoms with Crippen LogP contribution in [0.2, 0.25) is 0 Å². The predicted octanol–water partition coefficient (Wildman–Crippen LogP) is 2.04. The number of nitrogens with zero attached hydrogens (tertiary/aromatic N) is 2. The minimum absolute atomic E-state index is 0.0961. The smallest absolute Gasteiger partial charge is 0.200 e. The zero-order chi connectivity index (χ0) is 11.4. The molecule has 2 heterocycles. The second-order valence-corrected chi connectivity index (χ2v) is 4.15. The van der Waals surface area contributed by atoms with Crippen LogP contribution >= 0.6 is 0 Å². The van der Waals surface area contributed by atoms with Crippen molar-refractivity contribution in [2.45, 2.75) is 45.3 Å². The maximum absolute atomic E-state index is 12.0. The van der Waals surface area contributed by atoms with Crippen LogP contribution in [0.25, 0.3) is 0 Å². The summed E-state index contributed by atoms with van der Waals surface area (Å²) >= 11 is 0. The number of hydrogen-bond donors (Lipinski definition) is 0. The van der Waals surface area contributed by atoms with Gasteiger partial charge in [0.1, 0.15) is 0 Å². The zero-order valence-corrected chi connectivity index (χ0v) is 9.69. The third-order valence-corrected chi connectivity index (χ3v) is 2.99. The first-order valence-electron chi connectivity index (χ1n) is 5.97. The number of ketones is 1. The van der Waals surface area contributed by atoms with Gasteiger partial charge >= 0.3 is 0 Å². The number of rotatable bonds is 4. The van der Waals surface area contributed by atoms with Crippen molar-refractivity contribution in [3.8, 4) is 0 Å². The van der Waals surface area contributed by atoms with Gasteiger partial charge in [-0.25, -0.2) is 4.98 Å². The molecule has 1 aromatic heterocycles. The molecule has 0 radical (unpaired) electrons. The summed E-state index contributed by atoms with van der Waals surface area (Å²) in [5.74, 6) is 0.662. The van der Waals surface area contributed by atoms with E-state index in [1.54, 1.807) is 6.20 Å². The Bertz CT molecular complexity index is 354. The largest absolute Gasteiger partial charge is 0.378 e. The summed E-state index contributed by atoms with van der Waals surface area (Å²) in [5.41, 5.74) is 0. The standard InChI is InChI=1S/C12H18N2O2/c1-2-14-7-6-13-12(14)11(15)9-10-5-3-4-8-16-10/h6-7,10H,2-5,8-9H2,1H3. The van der Waals surface area contributed by atoms with Gasteiger partial charge in [-0.15, -0.1) is 0 Å². The fourth-order valence-electron chi connectivity index (χ4n) is 2.08. The van der Waals surface area contributed by atoms with Crippen LogP contribution in [0.5, 0.6) is 0 Å². The van der Waals surface area contributed by atoms with Gasteiger partial charge in [-0.05, 0) is 26.2 Å². The van der Waals surface area contributed by atoms with Crippen molar-refractivity contribution in [1.29, 1.82) is 0 Å². The Hall–Kier alpha value is -1.16. The molecule has 1 fully saturated rings. The van der Waals surface area contributed by atoms with Crippen LogP contribution in [-0.4, -0.2) is 28.0 Å². The highest BCUT2D eigenvalue weighted by atomic mass is 16.5. The van der Waals surface area contributed by atoms with Gasteiger partial charge in [-0.2, -0.15) is 0 Å². The van der Waals surface area contributed by atoms with Crippen LogP contribution in [-0.2, 0) is 11.3 Å². The molecule has 1 saturated heterocycles. The summed E-state index contributed by atoms with van der Waals surface area (Å²) in [4.78, 5) is 16.1. The van der Waals surface area contributed by atoms with Gasteiger partial charge in [0, 0.05) is 32.0 Å². The van der Waals surface area contributed by atoms with E-state index >= 15 is 0 Å². The van der Waals surface area contributed by atoms with Gasteiger partial charge in [0.25, 0.3) is 0 Å². The fourth-order valence-corrected chi connectivity index (χ4v) is 2.08. The van der Waals surface area contributed by atoms with E-state index in [1.807, 2.05) is 17.7 Å². The molecule has 0 saturated carbocycles. The topological polar surface area (TPSA) is 44.1 Å². The Balaban J connectivity index is 1.96. The minimum Gasteiger partial charge on any atom is -0.378 e. The summed E-state index contributed by atoms with van der Waals surface area (Å²) in [6, 6.07) is 0. The maximum Gasteiger partial charge on any atom is 0.200 e. The van der Waals surface area contributed by atoms with Gasteiger partial charge in [0.2, 0.25) is 5.78 Å². The summed E-state index contributed by atoms with van der Waals surface area (Å²) < 4.78 is 7.44. The third-order valence-electron chi connectivity index (χ3n) is 2.99. The van der Waals surface area contributed by atoms with Crippen LogP contribution in [0.3, 0.4) is 0 Å². The number of aryl methyl sites for hydroxylation is 1. The van der Waals surface area contributed by atoms with Crippen molar-refractivity contribution in [1.82, 2.24) is 9.55 Å². The van der Waals surface area contributed by atoms with E-state index < -0.39 is 0 Å². The number of carbonyl (C=O) groups excluding carboxylic acids is 1. The molecule has 1 aliphatic heterocycles. The molecule has 1 unspecified atom stereocenters. The molecule has 1 aromatic rings. The van der Waals surface area contributed by atoms with Gasteiger partial charge in [-0.3, -0.25) is 4.79 Å². The highest BCUT2D eigenvalue weighted by molar-refractivity contribution is 5.93. The average molecular weight is 222 g/mol. The highest BCUT2D eigenvalue weighted by Crippen LogP contribution is 2.17. The molecular formula is C12H18N2O2. The van der Waals surface area contributed by atoms with Crippen molar-refractivity contribution in [3.05, 3.63) is 18.2 Å². The lowest BCUT2D eigenvalue weighted by Crippen LogP contribution is -2.23. The average Bonchev–Trinajstić information content (AvgIpc) is 2.78. The molecule has 4 nitrogen and oxygen atoms in total. The number of hydrogen-bond acceptors (Lipinski definition) is 3. The van der Waals surface area contributed by atoms with E-state index in [0.29, 0.717) is 12.2 Å². The molecule has 0 N–H and O–H groups in total. The van der Waals surface area contributed by atoms with Crippen molar-refractivity contribution >= 4 is 5.78 Å². The van der Waals surface area contributed by atoms with E-state index in [4.69, 9.17) is 4.74 Å². The van der Waals surface area contributed by atoms with Crippen molar-refractivity contribution < 1.29 is 9.53 Å². The normalized spacial score (nSPS) is 20.9. The first-order chi connectivity index (χ1) is 7.81. The Morgan fingerprint density at radius 1 is 1.62 bits per heavy atom. The van der Waals surface area contributed by atoms with E-state index in [2.05, 4.69) is 4.98 Å². The van der Waals surface area contributed by atoms with E-state index in [9.17, 15) is 4.79 Å². The summed E-state index contributed by atoms with van der Waals surface area (Å²) in [5, 5.41) is 0. The molecule has 2 rings (SSSR count). The van der Waals surface area contributed by atoms with Crippen molar-refractivity contribution in [3.63, 3.8) is 0 Å². The number of aromatic nitrogens is 2. The summed E-state index contributed by atoms with van der Waals surface area (Å²) in [6.07, 6.45) is 7.38. The number of imidazole rings is 1. The van der Waals surface area contributed by atoms with Crippen LogP contribution < -0.4 is 0 Å². The molecule has 88 valence electrons. The Kier molecular flexibility index (Phi) is 3.72. The minimum atomic E-state index is 0.0961. The van der Waals surface area contributed by atoms with Crippen molar-refractivity contribution in [2.24, 2.45) is 0 Å². The molecule has 4 heteroatoms. The quantitative estimate of drug-likeness (QED) is 0.732. The summed E-state index contributed by atoms with van der Waals surface area (Å²) in [7, 11) is 0. The second kappa shape index (κ2) is 5.25. The van der Waals surface area contributed by atoms with Crippen molar-refractivity contribution in [2.75, 3.05) is 6.61 Å². The van der Waals surface area contributed by atoms with E-state index in [0.717, 1.165) is 26.0 Å². The number of Topliss-reactive ketones (excluding diaryl/α,β-unsaturated/α-hetero) is 1. The second-order valence-electron chi connectivity index (χ2n) is 4.15.